The minimum absolute atomic E-state index is 0.232. The Labute approximate surface area is 194 Å². The Morgan fingerprint density at radius 2 is 1.26 bits per heavy atom. The molecule has 5 rings (SSSR count). The summed E-state index contributed by atoms with van der Waals surface area (Å²) in [5.74, 6) is 0. The molecule has 3 aromatic carbocycles. The summed E-state index contributed by atoms with van der Waals surface area (Å²) >= 11 is 0. The number of fused-ring (bicyclic) bond motifs is 1. The normalized spacial score (nSPS) is 11.0. The van der Waals surface area contributed by atoms with E-state index in [-0.39, 0.29) is 16.6 Å². The number of rotatable bonds is 4. The molecule has 0 fully saturated rings. The molecule has 0 saturated carbocycles. The molecule has 0 atom stereocenters. The smallest absolute Gasteiger partial charge is 0.332 e. The standard InChI is InChI=1S/C27H22N4O3/c1-29-25-24(26(33)30(2)27(29)34)22(17-23(32)31(25)21-11-7-4-8-12-21)28-20-15-13-19(14-16-20)18-9-5-3-6-10-18/h3-17,28H,1-2H3. The van der Waals surface area contributed by atoms with E-state index in [1.54, 1.807) is 31.3 Å². The van der Waals surface area contributed by atoms with Crippen LogP contribution in [0, 0.1) is 0 Å². The summed E-state index contributed by atoms with van der Waals surface area (Å²) in [6, 6.07) is 28.1. The van der Waals surface area contributed by atoms with Gasteiger partial charge >= 0.3 is 5.69 Å². The summed E-state index contributed by atoms with van der Waals surface area (Å²) in [5.41, 5.74) is 2.66. The van der Waals surface area contributed by atoms with Crippen LogP contribution in [0.25, 0.3) is 27.8 Å². The molecule has 5 aromatic rings. The van der Waals surface area contributed by atoms with E-state index < -0.39 is 11.2 Å². The highest BCUT2D eigenvalue weighted by Gasteiger charge is 2.19. The number of nitrogens with zero attached hydrogens (tertiary/aromatic N) is 3. The Balaban J connectivity index is 1.71. The fraction of sp³-hybridized carbons (Fsp3) is 0.0741. The SMILES string of the molecule is Cn1c(=O)c2c(Nc3ccc(-c4ccccc4)cc3)cc(=O)n(-c3ccccc3)c2n(C)c1=O. The number of hydrogen-bond acceptors (Lipinski definition) is 4. The number of hydrogen-bond donors (Lipinski definition) is 1. The van der Waals surface area contributed by atoms with Gasteiger partial charge in [-0.3, -0.25) is 23.3 Å². The van der Waals surface area contributed by atoms with Crippen LogP contribution in [0.1, 0.15) is 0 Å². The highest BCUT2D eigenvalue weighted by Crippen LogP contribution is 2.26. The van der Waals surface area contributed by atoms with Crippen molar-refractivity contribution in [3.8, 4) is 16.8 Å². The van der Waals surface area contributed by atoms with Gasteiger partial charge in [0.2, 0.25) is 0 Å². The van der Waals surface area contributed by atoms with Crippen LogP contribution in [0.2, 0.25) is 0 Å². The summed E-state index contributed by atoms with van der Waals surface area (Å²) in [4.78, 5) is 39.2. The monoisotopic (exact) mass is 450 g/mol. The molecule has 0 aliphatic carbocycles. The topological polar surface area (TPSA) is 78.0 Å². The summed E-state index contributed by atoms with van der Waals surface area (Å²) in [5, 5.41) is 3.47. The number of nitrogens with one attached hydrogen (secondary N) is 1. The summed E-state index contributed by atoms with van der Waals surface area (Å²) in [6.45, 7) is 0. The molecule has 0 unspecified atom stereocenters. The van der Waals surface area contributed by atoms with Gasteiger partial charge in [-0.15, -0.1) is 0 Å². The van der Waals surface area contributed by atoms with Crippen LogP contribution in [0.4, 0.5) is 11.4 Å². The molecule has 0 saturated heterocycles. The molecule has 168 valence electrons. The maximum absolute atomic E-state index is 13.2. The van der Waals surface area contributed by atoms with Crippen molar-refractivity contribution in [2.45, 2.75) is 0 Å². The molecule has 0 aliphatic rings. The zero-order chi connectivity index (χ0) is 23.8. The van der Waals surface area contributed by atoms with Crippen molar-refractivity contribution in [1.82, 2.24) is 13.7 Å². The highest BCUT2D eigenvalue weighted by atomic mass is 16.2. The van der Waals surface area contributed by atoms with Gasteiger partial charge in [0.1, 0.15) is 11.0 Å². The molecule has 7 nitrogen and oxygen atoms in total. The van der Waals surface area contributed by atoms with E-state index in [0.29, 0.717) is 17.1 Å². The lowest BCUT2D eigenvalue weighted by Crippen LogP contribution is -2.39. The van der Waals surface area contributed by atoms with Gasteiger partial charge in [-0.1, -0.05) is 60.7 Å². The second kappa shape index (κ2) is 8.37. The van der Waals surface area contributed by atoms with Crippen molar-refractivity contribution in [2.75, 3.05) is 5.32 Å². The molecule has 1 N–H and O–H groups in total. The highest BCUT2D eigenvalue weighted by molar-refractivity contribution is 5.91. The van der Waals surface area contributed by atoms with Gasteiger partial charge in [0.15, 0.2) is 0 Å². The van der Waals surface area contributed by atoms with Crippen molar-refractivity contribution < 1.29 is 0 Å². The molecule has 0 aliphatic heterocycles. The molecule has 0 amide bonds. The van der Waals surface area contributed by atoms with Crippen molar-refractivity contribution in [2.24, 2.45) is 14.1 Å². The maximum atomic E-state index is 13.2. The molecule has 2 heterocycles. The van der Waals surface area contributed by atoms with Crippen molar-refractivity contribution in [1.29, 1.82) is 0 Å². The van der Waals surface area contributed by atoms with Gasteiger partial charge in [-0.05, 0) is 35.4 Å². The zero-order valence-electron chi connectivity index (χ0n) is 18.7. The van der Waals surface area contributed by atoms with Crippen LogP contribution in [0.15, 0.2) is 105 Å². The number of anilines is 2. The van der Waals surface area contributed by atoms with Gasteiger partial charge in [-0.25, -0.2) is 4.79 Å². The second-order valence-corrected chi connectivity index (χ2v) is 8.04. The predicted molar refractivity (Wildman–Crippen MR) is 135 cm³/mol. The van der Waals surface area contributed by atoms with E-state index >= 15 is 0 Å². The van der Waals surface area contributed by atoms with Gasteiger partial charge in [0.05, 0.1) is 11.4 Å². The van der Waals surface area contributed by atoms with Gasteiger partial charge in [0.25, 0.3) is 11.1 Å². The van der Waals surface area contributed by atoms with Crippen LogP contribution in [0.5, 0.6) is 0 Å². The average Bonchev–Trinajstić information content (AvgIpc) is 2.87. The number of para-hydroxylation sites is 1. The molecule has 2 aromatic heterocycles. The zero-order valence-corrected chi connectivity index (χ0v) is 18.7. The van der Waals surface area contributed by atoms with Gasteiger partial charge < -0.3 is 5.32 Å². The number of aromatic nitrogens is 3. The van der Waals surface area contributed by atoms with Gasteiger partial charge in [0, 0.05) is 25.8 Å². The number of aryl methyl sites for hydroxylation is 1. The molecule has 7 heteroatoms. The summed E-state index contributed by atoms with van der Waals surface area (Å²) in [7, 11) is 2.99. The van der Waals surface area contributed by atoms with Crippen LogP contribution in [-0.4, -0.2) is 13.7 Å². The quantitative estimate of drug-likeness (QED) is 0.452. The van der Waals surface area contributed by atoms with E-state index in [1.807, 2.05) is 60.7 Å². The lowest BCUT2D eigenvalue weighted by molar-refractivity contribution is 0.699. The van der Waals surface area contributed by atoms with Crippen molar-refractivity contribution >= 4 is 22.4 Å². The average molecular weight is 450 g/mol. The van der Waals surface area contributed by atoms with E-state index in [1.165, 1.54) is 22.2 Å². The van der Waals surface area contributed by atoms with Crippen LogP contribution in [-0.2, 0) is 14.1 Å². The molecular formula is C27H22N4O3. The first kappa shape index (κ1) is 21.2. The summed E-state index contributed by atoms with van der Waals surface area (Å²) in [6.07, 6.45) is 0. The molecule has 0 radical (unpaired) electrons. The molecule has 0 bridgehead atoms. The van der Waals surface area contributed by atoms with Crippen LogP contribution in [0.3, 0.4) is 0 Å². The van der Waals surface area contributed by atoms with E-state index in [4.69, 9.17) is 0 Å². The van der Waals surface area contributed by atoms with E-state index in [2.05, 4.69) is 5.32 Å². The lowest BCUT2D eigenvalue weighted by atomic mass is 10.1. The third-order valence-corrected chi connectivity index (χ3v) is 5.89. The van der Waals surface area contributed by atoms with Crippen molar-refractivity contribution in [3.05, 3.63) is 122 Å². The minimum Gasteiger partial charge on any atom is -0.355 e. The molecule has 34 heavy (non-hydrogen) atoms. The van der Waals surface area contributed by atoms with Crippen LogP contribution >= 0.6 is 0 Å². The lowest BCUT2D eigenvalue weighted by Gasteiger charge is -2.17. The fourth-order valence-electron chi connectivity index (χ4n) is 4.15. The third-order valence-electron chi connectivity index (χ3n) is 5.89. The molecular weight excluding hydrogens is 428 g/mol. The van der Waals surface area contributed by atoms with Gasteiger partial charge in [-0.2, -0.15) is 0 Å². The third kappa shape index (κ3) is 3.53. The Hall–Kier alpha value is -4.65. The Kier molecular flexibility index (Phi) is 5.22. The second-order valence-electron chi connectivity index (χ2n) is 8.04. The Bertz CT molecular complexity index is 1680. The Morgan fingerprint density at radius 3 is 1.91 bits per heavy atom. The summed E-state index contributed by atoms with van der Waals surface area (Å²) < 4.78 is 3.77. The first-order chi connectivity index (χ1) is 16.5. The first-order valence-corrected chi connectivity index (χ1v) is 10.8. The Morgan fingerprint density at radius 1 is 0.676 bits per heavy atom. The first-order valence-electron chi connectivity index (χ1n) is 10.8. The largest absolute Gasteiger partial charge is 0.355 e. The van der Waals surface area contributed by atoms with Crippen molar-refractivity contribution in [3.63, 3.8) is 0 Å². The van der Waals surface area contributed by atoms with E-state index in [0.717, 1.165) is 15.7 Å². The number of benzene rings is 3. The minimum atomic E-state index is -0.508. The van der Waals surface area contributed by atoms with Crippen LogP contribution < -0.4 is 22.1 Å². The maximum Gasteiger partial charge on any atom is 0.332 e. The van der Waals surface area contributed by atoms with E-state index in [9.17, 15) is 14.4 Å². The number of pyridine rings is 1. The molecule has 0 spiro atoms. The predicted octanol–water partition coefficient (Wildman–Crippen LogP) is 3.80. The fourth-order valence-corrected chi connectivity index (χ4v) is 4.15.